The average molecular weight is 358 g/mol. The monoisotopic (exact) mass is 358 g/mol. The minimum Gasteiger partial charge on any atom is -0.493 e. The van der Waals surface area contributed by atoms with E-state index in [1.54, 1.807) is 30.4 Å². The summed E-state index contributed by atoms with van der Waals surface area (Å²) in [6.45, 7) is 5.86. The summed E-state index contributed by atoms with van der Waals surface area (Å²) in [6.07, 6.45) is 2.51. The van der Waals surface area contributed by atoms with Gasteiger partial charge in [-0.05, 0) is 36.1 Å². The molecule has 1 aromatic rings. The molecule has 2 bridgehead atoms. The molecule has 4 rings (SSSR count). The van der Waals surface area contributed by atoms with Crippen LogP contribution in [0, 0.1) is 11.3 Å². The Morgan fingerprint density at radius 3 is 2.81 bits per heavy atom. The van der Waals surface area contributed by atoms with Gasteiger partial charge in [-0.2, -0.15) is 0 Å². The van der Waals surface area contributed by atoms with Crippen molar-refractivity contribution in [1.82, 2.24) is 0 Å². The van der Waals surface area contributed by atoms with Gasteiger partial charge >= 0.3 is 0 Å². The molecule has 5 atom stereocenters. The summed E-state index contributed by atoms with van der Waals surface area (Å²) in [6, 6.07) is 5.34. The molecular formula is C20H22O6. The Morgan fingerprint density at radius 1 is 1.38 bits per heavy atom. The van der Waals surface area contributed by atoms with Gasteiger partial charge in [0.1, 0.15) is 6.10 Å². The highest BCUT2D eigenvalue weighted by Gasteiger charge is 2.71. The van der Waals surface area contributed by atoms with Gasteiger partial charge in [0.2, 0.25) is 12.6 Å². The first kappa shape index (κ1) is 17.1. The van der Waals surface area contributed by atoms with E-state index in [0.717, 1.165) is 0 Å². The highest BCUT2D eigenvalue weighted by molar-refractivity contribution is 6.03. The number of allylic oxidation sites excluding steroid dienone is 1. The van der Waals surface area contributed by atoms with E-state index >= 15 is 0 Å². The number of hydrogen-bond acceptors (Lipinski definition) is 6. The summed E-state index contributed by atoms with van der Waals surface area (Å²) in [5.41, 5.74) is -2.10. The second kappa shape index (κ2) is 5.59. The number of hydrogen-bond donors (Lipinski definition) is 2. The van der Waals surface area contributed by atoms with Gasteiger partial charge < -0.3 is 24.4 Å². The van der Waals surface area contributed by atoms with Crippen LogP contribution in [0.3, 0.4) is 0 Å². The van der Waals surface area contributed by atoms with Gasteiger partial charge in [0.15, 0.2) is 22.9 Å². The largest absolute Gasteiger partial charge is 0.493 e. The number of fused-ring (bicyclic) bond motifs is 3. The van der Waals surface area contributed by atoms with Crippen molar-refractivity contribution in [2.45, 2.75) is 31.0 Å². The number of methoxy groups -OCH3 is 1. The Hall–Kier alpha value is -2.31. The Morgan fingerprint density at radius 2 is 2.12 bits per heavy atom. The van der Waals surface area contributed by atoms with Gasteiger partial charge in [-0.1, -0.05) is 19.1 Å². The van der Waals surface area contributed by atoms with E-state index in [-0.39, 0.29) is 18.5 Å². The van der Waals surface area contributed by atoms with Crippen LogP contribution >= 0.6 is 0 Å². The first-order chi connectivity index (χ1) is 12.4. The quantitative estimate of drug-likeness (QED) is 0.800. The zero-order valence-corrected chi connectivity index (χ0v) is 14.8. The van der Waals surface area contributed by atoms with E-state index in [1.165, 1.54) is 7.11 Å². The third kappa shape index (κ3) is 1.91. The first-order valence-electron chi connectivity index (χ1n) is 8.62. The Kier molecular flexibility index (Phi) is 3.68. The van der Waals surface area contributed by atoms with E-state index in [2.05, 4.69) is 6.58 Å². The van der Waals surface area contributed by atoms with Gasteiger partial charge in [-0.15, -0.1) is 6.58 Å². The summed E-state index contributed by atoms with van der Waals surface area (Å²) >= 11 is 0. The number of carbonyl (C=O) groups is 1. The molecule has 0 spiro atoms. The van der Waals surface area contributed by atoms with Crippen molar-refractivity contribution < 1.29 is 29.2 Å². The smallest absolute Gasteiger partial charge is 0.231 e. The number of ether oxygens (including phenoxy) is 3. The van der Waals surface area contributed by atoms with Crippen LogP contribution in [0.15, 0.2) is 42.7 Å². The fourth-order valence-electron chi connectivity index (χ4n) is 4.91. The fourth-order valence-corrected chi connectivity index (χ4v) is 4.91. The molecule has 1 fully saturated rings. The van der Waals surface area contributed by atoms with E-state index in [9.17, 15) is 15.0 Å². The topological polar surface area (TPSA) is 85.2 Å². The van der Waals surface area contributed by atoms with E-state index < -0.39 is 28.8 Å². The Bertz CT molecular complexity index is 815. The first-order valence-corrected chi connectivity index (χ1v) is 8.62. The molecule has 2 aliphatic carbocycles. The van der Waals surface area contributed by atoms with Gasteiger partial charge in [-0.3, -0.25) is 4.79 Å². The molecule has 0 radical (unpaired) electrons. The van der Waals surface area contributed by atoms with Crippen LogP contribution in [-0.4, -0.2) is 41.6 Å². The number of ketones is 1. The van der Waals surface area contributed by atoms with E-state index in [4.69, 9.17) is 14.2 Å². The lowest BCUT2D eigenvalue weighted by Gasteiger charge is -2.39. The summed E-state index contributed by atoms with van der Waals surface area (Å²) in [5, 5.41) is 22.5. The van der Waals surface area contributed by atoms with Crippen LogP contribution in [0.4, 0.5) is 0 Å². The van der Waals surface area contributed by atoms with Crippen LogP contribution in [0.2, 0.25) is 0 Å². The zero-order valence-electron chi connectivity index (χ0n) is 14.8. The standard InChI is InChI=1S/C20H22O6/c1-4-7-19-9-15(24-3)17(21)20(23,18(19)22)16(11(19)2)12-5-6-13-14(8-12)26-10-25-13/h4-6,8-9,11,16,18,22-23H,1,7,10H2,2-3H3/t11-,16+,18?,19-,20+/m1/s1. The van der Waals surface area contributed by atoms with Crippen molar-refractivity contribution >= 4 is 5.78 Å². The normalized spacial score (nSPS) is 37.5. The molecular weight excluding hydrogens is 336 g/mol. The molecule has 1 aromatic carbocycles. The molecule has 26 heavy (non-hydrogen) atoms. The van der Waals surface area contributed by atoms with Gasteiger partial charge in [0.05, 0.1) is 7.11 Å². The van der Waals surface area contributed by atoms with E-state index in [1.807, 2.05) is 6.92 Å². The van der Waals surface area contributed by atoms with Crippen molar-refractivity contribution in [3.05, 3.63) is 48.3 Å². The maximum atomic E-state index is 13.0. The van der Waals surface area contributed by atoms with Crippen molar-refractivity contribution in [2.75, 3.05) is 13.9 Å². The minimum absolute atomic E-state index is 0.0785. The fraction of sp³-hybridized carbons (Fsp3) is 0.450. The van der Waals surface area contributed by atoms with Crippen LogP contribution in [0.1, 0.15) is 24.8 Å². The molecule has 2 N–H and O–H groups in total. The number of carbonyl (C=O) groups excluding carboxylic acids is 1. The van der Waals surface area contributed by atoms with Gasteiger partial charge in [0.25, 0.3) is 0 Å². The maximum Gasteiger partial charge on any atom is 0.231 e. The van der Waals surface area contributed by atoms with Crippen molar-refractivity contribution in [3.63, 3.8) is 0 Å². The Balaban J connectivity index is 1.90. The number of Topliss-reactive ketones (excluding diaryl/α,β-unsaturated/α-hetero) is 1. The van der Waals surface area contributed by atoms with Crippen LogP contribution in [-0.2, 0) is 9.53 Å². The molecule has 1 unspecified atom stereocenters. The lowest BCUT2D eigenvalue weighted by atomic mass is 9.70. The average Bonchev–Trinajstić information content (AvgIpc) is 3.14. The van der Waals surface area contributed by atoms with Crippen LogP contribution < -0.4 is 9.47 Å². The van der Waals surface area contributed by atoms with Crippen LogP contribution in [0.25, 0.3) is 0 Å². The van der Waals surface area contributed by atoms with Gasteiger partial charge in [-0.25, -0.2) is 0 Å². The highest BCUT2D eigenvalue weighted by atomic mass is 16.7. The minimum atomic E-state index is -1.98. The summed E-state index contributed by atoms with van der Waals surface area (Å²) < 4.78 is 16.0. The highest BCUT2D eigenvalue weighted by Crippen LogP contribution is 2.63. The predicted molar refractivity (Wildman–Crippen MR) is 92.8 cm³/mol. The third-order valence-electron chi connectivity index (χ3n) is 6.21. The Labute approximate surface area is 151 Å². The zero-order chi connectivity index (χ0) is 18.7. The molecule has 1 aliphatic heterocycles. The molecule has 1 heterocycles. The number of benzene rings is 1. The molecule has 6 nitrogen and oxygen atoms in total. The van der Waals surface area contributed by atoms with Gasteiger partial charge in [0, 0.05) is 11.3 Å². The molecule has 0 aromatic heterocycles. The molecule has 3 aliphatic rings. The predicted octanol–water partition coefficient (Wildman–Crippen LogP) is 1.92. The van der Waals surface area contributed by atoms with Crippen molar-refractivity contribution in [3.8, 4) is 11.5 Å². The lowest BCUT2D eigenvalue weighted by Crippen LogP contribution is -2.56. The number of rotatable bonds is 4. The second-order valence-corrected chi connectivity index (χ2v) is 7.25. The third-order valence-corrected chi connectivity index (χ3v) is 6.21. The number of aliphatic hydroxyl groups is 2. The lowest BCUT2D eigenvalue weighted by molar-refractivity contribution is -0.155. The summed E-state index contributed by atoms with van der Waals surface area (Å²) in [5.74, 6) is -0.188. The number of aliphatic hydroxyl groups excluding tert-OH is 1. The molecule has 138 valence electrons. The van der Waals surface area contributed by atoms with E-state index in [0.29, 0.717) is 23.5 Å². The molecule has 1 saturated carbocycles. The second-order valence-electron chi connectivity index (χ2n) is 7.25. The van der Waals surface area contributed by atoms with Crippen LogP contribution in [0.5, 0.6) is 11.5 Å². The van der Waals surface area contributed by atoms with Crippen molar-refractivity contribution in [2.24, 2.45) is 11.3 Å². The summed E-state index contributed by atoms with van der Waals surface area (Å²) in [4.78, 5) is 13.0. The van der Waals surface area contributed by atoms with Crippen molar-refractivity contribution in [1.29, 1.82) is 0 Å². The molecule has 0 saturated heterocycles. The summed E-state index contributed by atoms with van der Waals surface area (Å²) in [7, 11) is 1.39. The maximum absolute atomic E-state index is 13.0. The molecule has 0 amide bonds. The molecule has 6 heteroatoms. The SMILES string of the molecule is C=CC[C@]12C=C(OC)C(=O)[C@](O)(C1O)[C@H](c1ccc3c(c1)OCO3)[C@H]2C.